The average molecular weight is 2150 g/mol. The number of nitrogens with zero attached hydrogens (tertiary/aromatic N) is 2. The van der Waals surface area contributed by atoms with Gasteiger partial charge < -0.3 is 229 Å². The van der Waals surface area contributed by atoms with Gasteiger partial charge in [-0.25, -0.2) is 0 Å². The molecule has 0 aromatic rings. The minimum absolute atomic E-state index is 0.0141. The van der Waals surface area contributed by atoms with E-state index in [0.717, 1.165) is 51.4 Å². The molecule has 60 atom stereocenters. The molecule has 8 aliphatic heterocycles. The number of amides is 2. The summed E-state index contributed by atoms with van der Waals surface area (Å²) in [5.74, 6) is -0.256. The maximum atomic E-state index is 14.5. The molecule has 16 aliphatic rings. The standard InChI is InChI=1S/C101H170N2O46/c1-40(48-16-18-50-46-14-12-42-28-44(134-90-82(130)74(122)86(58(36-108)140-90)146-94-78(126)70(118)66(114)54(32-104)136-94)22-24-98(42,3)52(46)30-62(100(48,50)5)144-92-84(132)76(124)88(60(38-110)142-92)148-96-80(128)72(120)68(116)56(34-106)138-96)10-20-64(112)102(7)26-9-27-103(8)65(113)21-11-41(2)49-17-19-51-47-15-13-43-29-45(135-91-83(131)75(123)87(59(37-109)141-91)147-95-79(127)71(119)67(115)55(33-105)137-95)23-25-99(43,4)53(47)31-63(101(49,51)6)145-93-85(133)77(125)89(61(39-111)143-93)149-97-81(129)73(121)69(117)57(35-107)139-97/h40-63,66-97,104-111,114-133H,9-39H2,1-8H3/t40?,41?,42?,43?,44?,45?,46?,47?,48?,49?,50?,51?,52?,53?,54?,55?,56?,57?,58?,59?,60?,61?,62?,63?,66-,67+,68-,69+,70?,71?,72?,73?,74?,75?,76?,77?,78+,79-,80+,81-,82+,83-,84+,85-,86-,87+,88-,89+,90-,91+,92+,93-,94-,95+,96-,97+,98?,99?,100?,101?. The molecular weight excluding hydrogens is 1980 g/mol. The average Bonchev–Trinajstić information content (AvgIpc) is 1.55. The van der Waals surface area contributed by atoms with Crippen molar-refractivity contribution in [2.75, 3.05) is 80.0 Å². The number of aliphatic hydroxyl groups excluding tert-OH is 28. The molecule has 8 saturated heterocycles. The Morgan fingerprint density at radius 2 is 0.537 bits per heavy atom. The van der Waals surface area contributed by atoms with E-state index >= 15 is 0 Å². The molecule has 860 valence electrons. The Kier molecular flexibility index (Phi) is 39.0. The van der Waals surface area contributed by atoms with Gasteiger partial charge in [-0.2, -0.15) is 0 Å². The topological polar surface area (TPSA) is 755 Å². The summed E-state index contributed by atoms with van der Waals surface area (Å²) < 4.78 is 98.3. The molecule has 0 spiro atoms. The van der Waals surface area contributed by atoms with Crippen molar-refractivity contribution in [3.8, 4) is 0 Å². The minimum Gasteiger partial charge on any atom is -0.394 e. The maximum absolute atomic E-state index is 14.5. The van der Waals surface area contributed by atoms with E-state index in [1.807, 2.05) is 0 Å². The summed E-state index contributed by atoms with van der Waals surface area (Å²) in [7, 11) is 3.47. The lowest BCUT2D eigenvalue weighted by Crippen LogP contribution is -2.66. The highest BCUT2D eigenvalue weighted by Gasteiger charge is 2.70. The lowest BCUT2D eigenvalue weighted by Gasteiger charge is -2.63. The van der Waals surface area contributed by atoms with Crippen LogP contribution in [0.25, 0.3) is 0 Å². The van der Waals surface area contributed by atoms with Crippen molar-refractivity contribution in [2.45, 2.75) is 446 Å². The molecule has 8 heterocycles. The van der Waals surface area contributed by atoms with Crippen LogP contribution in [0.4, 0.5) is 0 Å². The first kappa shape index (κ1) is 119. The van der Waals surface area contributed by atoms with Gasteiger partial charge in [-0.1, -0.05) is 41.5 Å². The van der Waals surface area contributed by atoms with Crippen LogP contribution in [0.15, 0.2) is 0 Å². The minimum atomic E-state index is -1.90. The van der Waals surface area contributed by atoms with Crippen LogP contribution in [0.2, 0.25) is 0 Å². The van der Waals surface area contributed by atoms with Crippen molar-refractivity contribution >= 4 is 11.8 Å². The Morgan fingerprint density at radius 3 is 0.805 bits per heavy atom. The Balaban J connectivity index is 0.556. The van der Waals surface area contributed by atoms with E-state index in [-0.39, 0.29) is 107 Å². The van der Waals surface area contributed by atoms with Gasteiger partial charge in [0, 0.05) is 50.9 Å². The van der Waals surface area contributed by atoms with Gasteiger partial charge in [0.2, 0.25) is 11.8 Å². The van der Waals surface area contributed by atoms with Crippen LogP contribution in [-0.4, -0.2) is 515 Å². The predicted molar refractivity (Wildman–Crippen MR) is 503 cm³/mol. The quantitative estimate of drug-likeness (QED) is 0.0259. The zero-order valence-electron chi connectivity index (χ0n) is 86.0. The number of hydrogen-bond donors (Lipinski definition) is 28. The van der Waals surface area contributed by atoms with E-state index < -0.39 is 334 Å². The zero-order chi connectivity index (χ0) is 108. The third kappa shape index (κ3) is 22.8. The van der Waals surface area contributed by atoms with E-state index in [9.17, 15) is 153 Å². The molecular formula is C101H170N2O46. The van der Waals surface area contributed by atoms with Crippen molar-refractivity contribution in [3.05, 3.63) is 0 Å². The van der Waals surface area contributed by atoms with Gasteiger partial charge in [0.05, 0.1) is 77.3 Å². The van der Waals surface area contributed by atoms with E-state index in [1.54, 1.807) is 23.9 Å². The van der Waals surface area contributed by atoms with Gasteiger partial charge in [-0.15, -0.1) is 0 Å². The van der Waals surface area contributed by atoms with Crippen LogP contribution in [0.3, 0.4) is 0 Å². The van der Waals surface area contributed by atoms with E-state index in [1.165, 1.54) is 0 Å². The van der Waals surface area contributed by atoms with Crippen LogP contribution >= 0.6 is 0 Å². The van der Waals surface area contributed by atoms with Gasteiger partial charge in [-0.05, 0) is 204 Å². The second kappa shape index (κ2) is 49.0. The van der Waals surface area contributed by atoms with Crippen molar-refractivity contribution < 1.29 is 228 Å². The zero-order valence-corrected chi connectivity index (χ0v) is 86.0. The number of carbonyl (C=O) groups is 2. The summed E-state index contributed by atoms with van der Waals surface area (Å²) in [5.41, 5.74) is -2.08. The van der Waals surface area contributed by atoms with Gasteiger partial charge in [-0.3, -0.25) is 9.59 Å². The molecule has 16 rings (SSSR count). The highest BCUT2D eigenvalue weighted by Crippen LogP contribution is 2.72. The summed E-state index contributed by atoms with van der Waals surface area (Å²) in [6, 6.07) is 0. The fourth-order valence-electron chi connectivity index (χ4n) is 30.5. The monoisotopic (exact) mass is 2150 g/mol. The van der Waals surface area contributed by atoms with Crippen molar-refractivity contribution in [1.82, 2.24) is 9.80 Å². The molecule has 36 unspecified atom stereocenters. The molecule has 48 nitrogen and oxygen atoms in total. The summed E-state index contributed by atoms with van der Waals surface area (Å²) in [6.45, 7) is 7.60. The number of carbonyl (C=O) groups excluding carboxylic acids is 2. The normalized spacial score (nSPS) is 52.0. The molecule has 0 aromatic carbocycles. The van der Waals surface area contributed by atoms with Gasteiger partial charge in [0.1, 0.15) is 195 Å². The fourth-order valence-corrected chi connectivity index (χ4v) is 30.5. The molecule has 28 N–H and O–H groups in total. The van der Waals surface area contributed by atoms with E-state index in [2.05, 4.69) is 41.5 Å². The second-order valence-electron chi connectivity index (χ2n) is 47.2. The molecule has 0 aromatic heterocycles. The first-order valence-electron chi connectivity index (χ1n) is 54.2. The summed E-state index contributed by atoms with van der Waals surface area (Å²) in [6.07, 6.45) is -57.3. The van der Waals surface area contributed by atoms with E-state index in [0.29, 0.717) is 83.7 Å². The predicted octanol–water partition coefficient (Wildman–Crippen LogP) is -8.30. The molecule has 0 bridgehead atoms. The SMILES string of the molecule is CC(CCC(=O)N(C)CCCN(C)C(=O)CCC(C)C1CCC2C3CCC4CC(O[C@@H]5OC(CO)[C@@H](O[C@H]6OC(CO)[C@@H](O)C(O)[C@@H]6O)C(O)[C@@H]5O)CCC4(C)C3CC(O[C@@H]3OC(CO)[C@@H](O[C@H]4OC(CO)[C@@H](O)C(O)[C@@H]4O)C(O)[C@@H]3O)C12C)C1CCC2C3CCC4CC(O[C@H]5OC(CO)[C@H](O[C@@H]6OC(CO)[C@H](O)C(O)[C@H]6O)C(O)[C@H]5O)CCC4(C)C3CC(O[C@H]3OC(CO)[C@H](O[C@@H]4OC(CO)[C@H](O)C(O)[C@H]4O)C(O)[C@H]3O)C12C. The summed E-state index contributed by atoms with van der Waals surface area (Å²) in [5, 5.41) is 305. The highest BCUT2D eigenvalue weighted by molar-refractivity contribution is 5.76. The molecule has 0 radical (unpaired) electrons. The van der Waals surface area contributed by atoms with Crippen LogP contribution < -0.4 is 0 Å². The van der Waals surface area contributed by atoms with Crippen LogP contribution in [0.1, 0.15) is 176 Å². The molecule has 16 fully saturated rings. The van der Waals surface area contributed by atoms with Crippen molar-refractivity contribution in [2.24, 2.45) is 92.7 Å². The number of fused-ring (bicyclic) bond motifs is 10. The number of aliphatic hydroxyl groups is 28. The maximum Gasteiger partial charge on any atom is 0.222 e. The van der Waals surface area contributed by atoms with Gasteiger partial charge >= 0.3 is 0 Å². The summed E-state index contributed by atoms with van der Waals surface area (Å²) >= 11 is 0. The fraction of sp³-hybridized carbons (Fsp3) is 0.980. The largest absolute Gasteiger partial charge is 0.394 e. The van der Waals surface area contributed by atoms with Crippen molar-refractivity contribution in [3.63, 3.8) is 0 Å². The molecule has 8 aliphatic carbocycles. The van der Waals surface area contributed by atoms with Gasteiger partial charge in [0.25, 0.3) is 0 Å². The van der Waals surface area contributed by atoms with Crippen LogP contribution in [-0.2, 0) is 85.4 Å². The molecule has 48 heteroatoms. The molecule has 2 amide bonds. The number of hydrogen-bond acceptors (Lipinski definition) is 46. The molecule has 149 heavy (non-hydrogen) atoms. The first-order chi connectivity index (χ1) is 70.7. The van der Waals surface area contributed by atoms with Crippen LogP contribution in [0, 0.1) is 92.7 Å². The Bertz CT molecular complexity index is 3980. The summed E-state index contributed by atoms with van der Waals surface area (Å²) in [4.78, 5) is 32.4. The highest BCUT2D eigenvalue weighted by atomic mass is 16.8. The third-order valence-electron chi connectivity index (χ3n) is 39.5. The Hall–Kier alpha value is -2.82. The van der Waals surface area contributed by atoms with E-state index in [4.69, 9.17) is 75.8 Å². The number of ether oxygens (including phenoxy) is 16. The lowest BCUT2D eigenvalue weighted by atomic mass is 9.43. The Morgan fingerprint density at radius 1 is 0.289 bits per heavy atom. The Labute approximate surface area is 865 Å². The van der Waals surface area contributed by atoms with Gasteiger partial charge in [0.15, 0.2) is 50.3 Å². The first-order valence-corrected chi connectivity index (χ1v) is 54.2. The number of rotatable bonds is 36. The smallest absolute Gasteiger partial charge is 0.222 e. The second-order valence-corrected chi connectivity index (χ2v) is 47.2. The lowest BCUT2D eigenvalue weighted by molar-refractivity contribution is -0.370. The molecule has 8 saturated carbocycles. The third-order valence-corrected chi connectivity index (χ3v) is 39.5. The van der Waals surface area contributed by atoms with Crippen LogP contribution in [0.5, 0.6) is 0 Å². The van der Waals surface area contributed by atoms with Crippen molar-refractivity contribution in [1.29, 1.82) is 0 Å².